The molecule has 0 bridgehead atoms. The van der Waals surface area contributed by atoms with Crippen LogP contribution >= 0.6 is 27.5 Å². The summed E-state index contributed by atoms with van der Waals surface area (Å²) in [5.74, 6) is -0.0686. The van der Waals surface area contributed by atoms with Crippen molar-refractivity contribution >= 4 is 39.1 Å². The van der Waals surface area contributed by atoms with Crippen LogP contribution in [-0.2, 0) is 17.6 Å². The Morgan fingerprint density at radius 2 is 2.11 bits per heavy atom. The van der Waals surface area contributed by atoms with Crippen LogP contribution in [0.5, 0.6) is 0 Å². The van der Waals surface area contributed by atoms with Gasteiger partial charge < -0.3 is 4.90 Å². The summed E-state index contributed by atoms with van der Waals surface area (Å²) in [6.07, 6.45) is 2.55. The van der Waals surface area contributed by atoms with Crippen LogP contribution in [0.3, 0.4) is 0 Å². The van der Waals surface area contributed by atoms with E-state index in [-0.39, 0.29) is 12.3 Å². The fourth-order valence-corrected chi connectivity index (χ4v) is 3.94. The average molecular weight is 454 g/mol. The Kier molecular flexibility index (Phi) is 5.12. The molecule has 0 spiro atoms. The lowest BCUT2D eigenvalue weighted by Gasteiger charge is -2.19. The minimum Gasteiger partial charge on any atom is -0.310 e. The highest BCUT2D eigenvalue weighted by Gasteiger charge is 2.28. The third-order valence-corrected chi connectivity index (χ3v) is 5.46. The molecule has 0 fully saturated rings. The Bertz CT molecular complexity index is 1130. The molecule has 28 heavy (non-hydrogen) atoms. The molecular weight excluding hydrogens is 440 g/mol. The molecule has 0 unspecified atom stereocenters. The van der Waals surface area contributed by atoms with Gasteiger partial charge in [-0.05, 0) is 57.7 Å². The highest BCUT2D eigenvalue weighted by molar-refractivity contribution is 9.10. The summed E-state index contributed by atoms with van der Waals surface area (Å²) in [5.41, 5.74) is 4.46. The summed E-state index contributed by atoms with van der Waals surface area (Å²) in [7, 11) is 0. The Balaban J connectivity index is 1.69. The van der Waals surface area contributed by atoms with Crippen molar-refractivity contribution in [1.29, 1.82) is 5.26 Å². The van der Waals surface area contributed by atoms with E-state index in [2.05, 4.69) is 32.0 Å². The van der Waals surface area contributed by atoms with E-state index >= 15 is 0 Å². The van der Waals surface area contributed by atoms with E-state index in [1.54, 1.807) is 29.3 Å². The van der Waals surface area contributed by atoms with Crippen molar-refractivity contribution in [3.63, 3.8) is 0 Å². The lowest BCUT2D eigenvalue weighted by Crippen LogP contribution is -2.31. The SMILES string of the molecule is N#Cc1cc(-c2ccnc(Br)n2)cc2c1N(C(=O)Cc1ccccc1Cl)CC2. The van der Waals surface area contributed by atoms with Gasteiger partial charge in [0.05, 0.1) is 23.4 Å². The quantitative estimate of drug-likeness (QED) is 0.545. The van der Waals surface area contributed by atoms with E-state index in [0.29, 0.717) is 34.0 Å². The van der Waals surface area contributed by atoms with Gasteiger partial charge in [0.15, 0.2) is 4.73 Å². The number of carbonyl (C=O) groups excluding carboxylic acids is 1. The summed E-state index contributed by atoms with van der Waals surface area (Å²) >= 11 is 9.47. The van der Waals surface area contributed by atoms with Crippen molar-refractivity contribution < 1.29 is 4.79 Å². The van der Waals surface area contributed by atoms with Crippen molar-refractivity contribution in [3.8, 4) is 17.3 Å². The molecule has 1 aliphatic heterocycles. The number of nitrogens with zero attached hydrogens (tertiary/aromatic N) is 4. The number of rotatable bonds is 3. The first-order valence-electron chi connectivity index (χ1n) is 8.66. The minimum atomic E-state index is -0.0686. The van der Waals surface area contributed by atoms with Gasteiger partial charge in [0, 0.05) is 23.3 Å². The normalized spacial score (nSPS) is 12.5. The van der Waals surface area contributed by atoms with Crippen LogP contribution in [0.2, 0.25) is 5.02 Å². The van der Waals surface area contributed by atoms with E-state index in [1.807, 2.05) is 24.3 Å². The minimum absolute atomic E-state index is 0.0686. The number of hydrogen-bond acceptors (Lipinski definition) is 4. The topological polar surface area (TPSA) is 69.9 Å². The molecular formula is C21H14BrClN4O. The van der Waals surface area contributed by atoms with Crippen LogP contribution in [0.15, 0.2) is 53.4 Å². The zero-order valence-corrected chi connectivity index (χ0v) is 17.0. The maximum Gasteiger partial charge on any atom is 0.231 e. The third-order valence-electron chi connectivity index (χ3n) is 4.71. The predicted octanol–water partition coefficient (Wildman–Crippen LogP) is 4.56. The Morgan fingerprint density at radius 3 is 2.86 bits per heavy atom. The zero-order valence-electron chi connectivity index (χ0n) is 14.7. The number of carbonyl (C=O) groups is 1. The second-order valence-corrected chi connectivity index (χ2v) is 7.53. The molecule has 138 valence electrons. The fourth-order valence-electron chi connectivity index (χ4n) is 3.43. The summed E-state index contributed by atoms with van der Waals surface area (Å²) in [6.45, 7) is 0.546. The lowest BCUT2D eigenvalue weighted by atomic mass is 10.0. The number of amides is 1. The van der Waals surface area contributed by atoms with E-state index in [0.717, 1.165) is 22.4 Å². The monoisotopic (exact) mass is 452 g/mol. The van der Waals surface area contributed by atoms with Crippen molar-refractivity contribution in [2.24, 2.45) is 0 Å². The number of hydrogen-bond donors (Lipinski definition) is 0. The van der Waals surface area contributed by atoms with Crippen LogP contribution in [-0.4, -0.2) is 22.4 Å². The van der Waals surface area contributed by atoms with Crippen LogP contribution in [0.1, 0.15) is 16.7 Å². The molecule has 1 aliphatic rings. The van der Waals surface area contributed by atoms with Gasteiger partial charge in [-0.25, -0.2) is 9.97 Å². The highest BCUT2D eigenvalue weighted by Crippen LogP contribution is 2.36. The number of anilines is 1. The molecule has 0 saturated heterocycles. The summed E-state index contributed by atoms with van der Waals surface area (Å²) in [6, 6.07) is 15.1. The van der Waals surface area contributed by atoms with Gasteiger partial charge in [0.2, 0.25) is 5.91 Å². The van der Waals surface area contributed by atoms with E-state index < -0.39 is 0 Å². The van der Waals surface area contributed by atoms with Gasteiger partial charge in [-0.15, -0.1) is 0 Å². The molecule has 2 heterocycles. The molecule has 4 rings (SSSR count). The maximum atomic E-state index is 12.9. The molecule has 1 amide bonds. The molecule has 0 radical (unpaired) electrons. The standard InChI is InChI=1S/C21H14BrClN4O/c22-21-25-7-5-18(26-21)15-9-14-6-8-27(20(14)16(10-15)12-24)19(28)11-13-3-1-2-4-17(13)23/h1-5,7,9-10H,6,8,11H2. The second kappa shape index (κ2) is 7.70. The van der Waals surface area contributed by atoms with Gasteiger partial charge in [-0.1, -0.05) is 29.8 Å². The number of nitriles is 1. The predicted molar refractivity (Wildman–Crippen MR) is 111 cm³/mol. The molecule has 1 aromatic heterocycles. The first kappa shape index (κ1) is 18.6. The Hall–Kier alpha value is -2.75. The lowest BCUT2D eigenvalue weighted by molar-refractivity contribution is -0.117. The van der Waals surface area contributed by atoms with E-state index in [9.17, 15) is 10.1 Å². The summed E-state index contributed by atoms with van der Waals surface area (Å²) < 4.78 is 0.487. The van der Waals surface area contributed by atoms with Gasteiger partial charge in [-0.2, -0.15) is 5.26 Å². The number of benzene rings is 2. The molecule has 2 aromatic carbocycles. The van der Waals surface area contributed by atoms with Gasteiger partial charge in [-0.3, -0.25) is 4.79 Å². The summed E-state index contributed by atoms with van der Waals surface area (Å²) in [4.78, 5) is 23.0. The molecule has 0 atom stereocenters. The van der Waals surface area contributed by atoms with Gasteiger partial charge in [0.1, 0.15) is 6.07 Å². The number of fused-ring (bicyclic) bond motifs is 1. The van der Waals surface area contributed by atoms with Crippen LogP contribution in [0.25, 0.3) is 11.3 Å². The van der Waals surface area contributed by atoms with Crippen molar-refractivity contribution in [2.45, 2.75) is 12.8 Å². The average Bonchev–Trinajstić information content (AvgIpc) is 3.13. The van der Waals surface area contributed by atoms with Crippen LogP contribution in [0.4, 0.5) is 5.69 Å². The first-order chi connectivity index (χ1) is 13.6. The Morgan fingerprint density at radius 1 is 1.29 bits per heavy atom. The summed E-state index contributed by atoms with van der Waals surface area (Å²) in [5, 5.41) is 10.3. The molecule has 3 aromatic rings. The molecule has 7 heteroatoms. The molecule has 0 N–H and O–H groups in total. The zero-order chi connectivity index (χ0) is 19.7. The smallest absolute Gasteiger partial charge is 0.231 e. The fraction of sp³-hybridized carbons (Fsp3) is 0.143. The van der Waals surface area contributed by atoms with Gasteiger partial charge in [0.25, 0.3) is 0 Å². The van der Waals surface area contributed by atoms with Crippen LogP contribution in [0, 0.1) is 11.3 Å². The first-order valence-corrected chi connectivity index (χ1v) is 9.83. The number of halogens is 2. The number of aromatic nitrogens is 2. The van der Waals surface area contributed by atoms with Crippen LogP contribution < -0.4 is 4.90 Å². The molecule has 0 aliphatic carbocycles. The largest absolute Gasteiger partial charge is 0.310 e. The maximum absolute atomic E-state index is 12.9. The second-order valence-electron chi connectivity index (χ2n) is 6.42. The van der Waals surface area contributed by atoms with E-state index in [4.69, 9.17) is 11.6 Å². The van der Waals surface area contributed by atoms with Gasteiger partial charge >= 0.3 is 0 Å². The Labute approximate surface area is 175 Å². The highest BCUT2D eigenvalue weighted by atomic mass is 79.9. The van der Waals surface area contributed by atoms with Crippen molar-refractivity contribution in [2.75, 3.05) is 11.4 Å². The van der Waals surface area contributed by atoms with E-state index in [1.165, 1.54) is 0 Å². The van der Waals surface area contributed by atoms with Crippen molar-refractivity contribution in [1.82, 2.24) is 9.97 Å². The molecule has 5 nitrogen and oxygen atoms in total. The van der Waals surface area contributed by atoms with Crippen molar-refractivity contribution in [3.05, 3.63) is 75.1 Å². The molecule has 0 saturated carbocycles. The third kappa shape index (κ3) is 3.51.